The third-order valence-electron chi connectivity index (χ3n) is 12.9. The Morgan fingerprint density at radius 2 is 0.377 bits per heavy atom. The second-order valence-corrected chi connectivity index (χ2v) is 17.9. The number of hydrogen-bond acceptors (Lipinski definition) is 3. The first-order valence-electron chi connectivity index (χ1n) is 24.1. The summed E-state index contributed by atoms with van der Waals surface area (Å²) in [4.78, 5) is 7.48. The van der Waals surface area contributed by atoms with E-state index in [0.29, 0.717) is 0 Å². The summed E-state index contributed by atoms with van der Waals surface area (Å²) >= 11 is 0. The molecule has 10 rings (SSSR count). The normalized spacial score (nSPS) is 11.0. The Morgan fingerprint density at radius 3 is 0.580 bits per heavy atom. The van der Waals surface area contributed by atoms with E-state index in [1.165, 1.54) is 83.8 Å². The number of benzene rings is 10. The standard InChI is InChI=1S/C66H57N3/c1-7-22-52(23-8-1)46-67(47-53-24-9-2-10-25-53)64-37-19-34-58(43-64)61-40-62(59-35-20-38-65(44-59)68(48-54-26-11-3-12-27-54)49-55-28-13-4-14-29-55)42-63(41-61)60-36-21-39-66(45-60)69(50-56-30-15-5-16-31-56)51-57-32-17-6-18-33-57/h1-45H,46-51H2. The predicted molar refractivity (Wildman–Crippen MR) is 291 cm³/mol. The molecule has 0 heterocycles. The van der Waals surface area contributed by atoms with Crippen LogP contribution >= 0.6 is 0 Å². The second-order valence-electron chi connectivity index (χ2n) is 17.9. The van der Waals surface area contributed by atoms with Crippen molar-refractivity contribution in [2.75, 3.05) is 14.7 Å². The van der Waals surface area contributed by atoms with Gasteiger partial charge in [-0.3, -0.25) is 0 Å². The summed E-state index contributed by atoms with van der Waals surface area (Å²) in [7, 11) is 0. The molecule has 69 heavy (non-hydrogen) atoms. The largest absolute Gasteiger partial charge is 0.363 e. The molecule has 0 aliphatic heterocycles. The first kappa shape index (κ1) is 44.4. The van der Waals surface area contributed by atoms with Gasteiger partial charge in [0.25, 0.3) is 0 Å². The quantitative estimate of drug-likeness (QED) is 0.0850. The minimum absolute atomic E-state index is 0.801. The zero-order chi connectivity index (χ0) is 46.5. The van der Waals surface area contributed by atoms with Crippen LogP contribution < -0.4 is 14.7 Å². The monoisotopic (exact) mass is 891 g/mol. The topological polar surface area (TPSA) is 9.72 Å². The molecule has 3 heteroatoms. The Morgan fingerprint density at radius 1 is 0.174 bits per heavy atom. The average Bonchev–Trinajstić information content (AvgIpc) is 3.42. The van der Waals surface area contributed by atoms with E-state index in [-0.39, 0.29) is 0 Å². The van der Waals surface area contributed by atoms with Crippen LogP contribution in [-0.2, 0) is 39.3 Å². The van der Waals surface area contributed by atoms with Gasteiger partial charge in [-0.25, -0.2) is 0 Å². The molecule has 0 atom stereocenters. The molecule has 336 valence electrons. The van der Waals surface area contributed by atoms with Crippen LogP contribution in [-0.4, -0.2) is 0 Å². The number of anilines is 3. The molecule has 0 bridgehead atoms. The lowest BCUT2D eigenvalue weighted by atomic mass is 9.92. The van der Waals surface area contributed by atoms with Gasteiger partial charge in [-0.05, 0) is 121 Å². The zero-order valence-electron chi connectivity index (χ0n) is 39.1. The summed E-state index contributed by atoms with van der Waals surface area (Å²) in [5.74, 6) is 0. The lowest BCUT2D eigenvalue weighted by Gasteiger charge is -2.27. The number of hydrogen-bond donors (Lipinski definition) is 0. The van der Waals surface area contributed by atoms with Gasteiger partial charge in [-0.1, -0.05) is 218 Å². The molecule has 0 radical (unpaired) electrons. The third-order valence-corrected chi connectivity index (χ3v) is 12.9. The highest BCUT2D eigenvalue weighted by atomic mass is 15.1. The molecule has 0 aromatic heterocycles. The van der Waals surface area contributed by atoms with Gasteiger partial charge in [0.05, 0.1) is 0 Å². The van der Waals surface area contributed by atoms with Crippen LogP contribution in [0.1, 0.15) is 33.4 Å². The Kier molecular flexibility index (Phi) is 14.1. The molecule has 0 unspecified atom stereocenters. The van der Waals surface area contributed by atoms with Crippen molar-refractivity contribution in [1.82, 2.24) is 0 Å². The molecule has 0 spiro atoms. The van der Waals surface area contributed by atoms with Crippen molar-refractivity contribution in [3.8, 4) is 33.4 Å². The molecule has 3 nitrogen and oxygen atoms in total. The molecule has 0 N–H and O–H groups in total. The minimum atomic E-state index is 0.801. The summed E-state index contributed by atoms with van der Waals surface area (Å²) in [5.41, 5.74) is 18.3. The van der Waals surface area contributed by atoms with Crippen LogP contribution in [0.2, 0.25) is 0 Å². The van der Waals surface area contributed by atoms with E-state index < -0.39 is 0 Å². The summed E-state index contributed by atoms with van der Waals surface area (Å²) in [6.07, 6.45) is 0. The first-order chi connectivity index (χ1) is 34.1. The van der Waals surface area contributed by atoms with Gasteiger partial charge >= 0.3 is 0 Å². The van der Waals surface area contributed by atoms with Gasteiger partial charge in [0.1, 0.15) is 0 Å². The van der Waals surface area contributed by atoms with Crippen LogP contribution in [0.4, 0.5) is 17.1 Å². The molecule has 0 aliphatic rings. The maximum absolute atomic E-state index is 2.49. The van der Waals surface area contributed by atoms with Crippen molar-refractivity contribution in [2.24, 2.45) is 0 Å². The summed E-state index contributed by atoms with van der Waals surface area (Å²) in [6.45, 7) is 4.80. The highest BCUT2D eigenvalue weighted by molar-refractivity contribution is 5.84. The minimum Gasteiger partial charge on any atom is -0.363 e. The molecular formula is C66H57N3. The smallest absolute Gasteiger partial charge is 0.0433 e. The maximum Gasteiger partial charge on any atom is 0.0433 e. The van der Waals surface area contributed by atoms with E-state index in [2.05, 4.69) is 288 Å². The van der Waals surface area contributed by atoms with E-state index in [1.807, 2.05) is 0 Å². The Balaban J connectivity index is 1.07. The lowest BCUT2D eigenvalue weighted by molar-refractivity contribution is 0.800. The van der Waals surface area contributed by atoms with E-state index in [4.69, 9.17) is 0 Å². The van der Waals surface area contributed by atoms with Gasteiger partial charge in [0.2, 0.25) is 0 Å². The Hall–Kier alpha value is -8.40. The van der Waals surface area contributed by atoms with E-state index in [9.17, 15) is 0 Å². The number of nitrogens with zero attached hydrogens (tertiary/aromatic N) is 3. The fourth-order valence-electron chi connectivity index (χ4n) is 9.31. The van der Waals surface area contributed by atoms with Gasteiger partial charge < -0.3 is 14.7 Å². The van der Waals surface area contributed by atoms with Gasteiger partial charge in [0.15, 0.2) is 0 Å². The fourth-order valence-corrected chi connectivity index (χ4v) is 9.31. The van der Waals surface area contributed by atoms with Crippen LogP contribution in [0.3, 0.4) is 0 Å². The van der Waals surface area contributed by atoms with Crippen molar-refractivity contribution < 1.29 is 0 Å². The van der Waals surface area contributed by atoms with E-state index in [1.54, 1.807) is 0 Å². The molecule has 10 aromatic carbocycles. The van der Waals surface area contributed by atoms with Crippen LogP contribution in [0, 0.1) is 0 Å². The Labute approximate surface area is 408 Å². The maximum atomic E-state index is 2.49. The van der Waals surface area contributed by atoms with E-state index >= 15 is 0 Å². The Bertz CT molecular complexity index is 2680. The summed E-state index contributed by atoms with van der Waals surface area (Å²) < 4.78 is 0. The predicted octanol–water partition coefficient (Wildman–Crippen LogP) is 16.3. The van der Waals surface area contributed by atoms with Crippen molar-refractivity contribution in [3.05, 3.63) is 306 Å². The number of rotatable bonds is 18. The second kappa shape index (κ2) is 21.9. The van der Waals surface area contributed by atoms with Crippen molar-refractivity contribution in [3.63, 3.8) is 0 Å². The molecule has 0 saturated heterocycles. The van der Waals surface area contributed by atoms with Crippen LogP contribution in [0.25, 0.3) is 33.4 Å². The molecule has 0 fully saturated rings. The first-order valence-corrected chi connectivity index (χ1v) is 24.1. The molecule has 10 aromatic rings. The SMILES string of the molecule is c1ccc(CN(Cc2ccccc2)c2cccc(-c3cc(-c4cccc(N(Cc5ccccc5)Cc5ccccc5)c4)cc(-c4cccc(N(Cc5ccccc5)Cc5ccccc5)c4)c3)c2)cc1. The zero-order valence-corrected chi connectivity index (χ0v) is 39.1. The van der Waals surface area contributed by atoms with Gasteiger partial charge in [-0.2, -0.15) is 0 Å². The van der Waals surface area contributed by atoms with E-state index in [0.717, 1.165) is 39.3 Å². The van der Waals surface area contributed by atoms with Crippen molar-refractivity contribution in [1.29, 1.82) is 0 Å². The third kappa shape index (κ3) is 11.8. The van der Waals surface area contributed by atoms with Gasteiger partial charge in [-0.15, -0.1) is 0 Å². The van der Waals surface area contributed by atoms with Crippen molar-refractivity contribution >= 4 is 17.1 Å². The molecule has 0 saturated carbocycles. The summed E-state index contributed by atoms with van der Waals surface area (Å²) in [6, 6.07) is 99.4. The summed E-state index contributed by atoms with van der Waals surface area (Å²) in [5, 5.41) is 0. The highest BCUT2D eigenvalue weighted by Crippen LogP contribution is 2.37. The molecular weight excluding hydrogens is 835 g/mol. The van der Waals surface area contributed by atoms with Crippen molar-refractivity contribution in [2.45, 2.75) is 39.3 Å². The highest BCUT2D eigenvalue weighted by Gasteiger charge is 2.16. The van der Waals surface area contributed by atoms with Gasteiger partial charge in [0, 0.05) is 56.3 Å². The lowest BCUT2D eigenvalue weighted by Crippen LogP contribution is -2.22. The van der Waals surface area contributed by atoms with Crippen LogP contribution in [0.15, 0.2) is 273 Å². The average molecular weight is 892 g/mol. The van der Waals surface area contributed by atoms with Crippen LogP contribution in [0.5, 0.6) is 0 Å². The fraction of sp³-hybridized carbons (Fsp3) is 0.0909. The molecule has 0 amide bonds. The molecule has 0 aliphatic carbocycles.